The van der Waals surface area contributed by atoms with Crippen LogP contribution in [-0.4, -0.2) is 37.3 Å². The summed E-state index contributed by atoms with van der Waals surface area (Å²) in [5, 5.41) is 0. The highest BCUT2D eigenvalue weighted by Crippen LogP contribution is 2.27. The van der Waals surface area contributed by atoms with E-state index in [0.29, 0.717) is 30.3 Å². The number of benzene rings is 1. The second-order valence-corrected chi connectivity index (χ2v) is 12.8. The maximum absolute atomic E-state index is 14.0. The molecule has 2 rings (SSSR count). The van der Waals surface area contributed by atoms with Crippen LogP contribution in [0.15, 0.2) is 31.1 Å². The summed E-state index contributed by atoms with van der Waals surface area (Å²) in [6.45, 7) is 11.6. The van der Waals surface area contributed by atoms with Gasteiger partial charge < -0.3 is 14.0 Å². The quantitative estimate of drug-likeness (QED) is 0.388. The van der Waals surface area contributed by atoms with Gasteiger partial charge in [-0.2, -0.15) is 0 Å². The summed E-state index contributed by atoms with van der Waals surface area (Å²) >= 11 is 0. The summed E-state index contributed by atoms with van der Waals surface area (Å²) in [7, 11) is 0.0892. The van der Waals surface area contributed by atoms with Gasteiger partial charge in [-0.05, 0) is 30.3 Å². The largest absolute Gasteiger partial charge is 0.465 e. The predicted octanol–water partition coefficient (Wildman–Crippen LogP) is 4.43. The summed E-state index contributed by atoms with van der Waals surface area (Å²) in [5.41, 5.74) is 1.91. The molecule has 7 heteroatoms. The van der Waals surface area contributed by atoms with Crippen LogP contribution < -0.4 is 0 Å². The number of aromatic nitrogens is 2. The predicted molar refractivity (Wildman–Crippen MR) is 103 cm³/mol. The number of rotatable bonds is 8. The van der Waals surface area contributed by atoms with Crippen LogP contribution in [0.2, 0.25) is 25.7 Å². The molecule has 0 atom stereocenters. The van der Waals surface area contributed by atoms with Gasteiger partial charge in [0.05, 0.1) is 30.4 Å². The van der Waals surface area contributed by atoms with Gasteiger partial charge in [-0.25, -0.2) is 14.2 Å². The Kier molecular flexibility index (Phi) is 6.50. The van der Waals surface area contributed by atoms with Gasteiger partial charge in [0.15, 0.2) is 0 Å². The summed E-state index contributed by atoms with van der Waals surface area (Å²) in [6.07, 6.45) is 3.22. The number of hydrogen-bond donors (Lipinski definition) is 0. The van der Waals surface area contributed by atoms with E-state index in [4.69, 9.17) is 9.47 Å². The second-order valence-electron chi connectivity index (χ2n) is 7.22. The fourth-order valence-corrected chi connectivity index (χ4v) is 3.22. The number of methoxy groups -OCH3 is 1. The van der Waals surface area contributed by atoms with Crippen molar-refractivity contribution in [3.05, 3.63) is 48.2 Å². The molecule has 0 saturated carbocycles. The number of carbonyl (C=O) groups is 1. The zero-order valence-corrected chi connectivity index (χ0v) is 16.7. The Morgan fingerprint density at radius 1 is 1.35 bits per heavy atom. The average molecular weight is 377 g/mol. The van der Waals surface area contributed by atoms with Gasteiger partial charge in [0.25, 0.3) is 0 Å². The highest BCUT2D eigenvalue weighted by molar-refractivity contribution is 6.76. The van der Waals surface area contributed by atoms with Gasteiger partial charge in [0.1, 0.15) is 12.5 Å². The van der Waals surface area contributed by atoms with Gasteiger partial charge in [0, 0.05) is 20.2 Å². The molecule has 0 aliphatic heterocycles. The minimum Gasteiger partial charge on any atom is -0.465 e. The van der Waals surface area contributed by atoms with E-state index in [1.165, 1.54) is 13.2 Å². The lowest BCUT2D eigenvalue weighted by Gasteiger charge is -2.16. The van der Waals surface area contributed by atoms with E-state index >= 15 is 0 Å². The van der Waals surface area contributed by atoms with Crippen molar-refractivity contribution in [2.24, 2.45) is 0 Å². The zero-order valence-electron chi connectivity index (χ0n) is 15.7. The number of ether oxygens (including phenoxy) is 2. The van der Waals surface area contributed by atoms with Crippen LogP contribution in [0, 0.1) is 5.82 Å². The molecule has 1 heterocycles. The van der Waals surface area contributed by atoms with Crippen LogP contribution >= 0.6 is 0 Å². The number of carbonyl (C=O) groups excluding carboxylic acids is 1. The first-order valence-electron chi connectivity index (χ1n) is 8.40. The first-order chi connectivity index (χ1) is 12.2. The smallest absolute Gasteiger partial charge is 0.337 e. The van der Waals surface area contributed by atoms with Crippen molar-refractivity contribution in [1.29, 1.82) is 0 Å². The lowest BCUT2D eigenvalue weighted by atomic mass is 10.1. The van der Waals surface area contributed by atoms with E-state index < -0.39 is 19.9 Å². The molecule has 0 aliphatic carbocycles. The van der Waals surface area contributed by atoms with Crippen molar-refractivity contribution in [1.82, 2.24) is 9.55 Å². The van der Waals surface area contributed by atoms with Crippen LogP contribution in [-0.2, 0) is 16.2 Å². The Morgan fingerprint density at radius 3 is 2.69 bits per heavy atom. The molecule has 140 valence electrons. The van der Waals surface area contributed by atoms with Gasteiger partial charge in [0.2, 0.25) is 0 Å². The molecule has 2 aromatic rings. The van der Waals surface area contributed by atoms with Crippen LogP contribution in [0.5, 0.6) is 0 Å². The second kappa shape index (κ2) is 8.42. The minimum absolute atomic E-state index is 0.143. The number of nitrogens with zero attached hydrogens (tertiary/aromatic N) is 2. The SMILES string of the molecule is C=Cc1ncn(COCC[Si](C)(C)C)c1-c1cc(F)cc(C(=O)OC)c1. The molecule has 1 aromatic heterocycles. The Labute approximate surface area is 154 Å². The lowest BCUT2D eigenvalue weighted by Crippen LogP contribution is -2.22. The van der Waals surface area contributed by atoms with Gasteiger partial charge >= 0.3 is 5.97 Å². The maximum atomic E-state index is 14.0. The third kappa shape index (κ3) is 5.12. The number of hydrogen-bond acceptors (Lipinski definition) is 4. The van der Waals surface area contributed by atoms with Crippen molar-refractivity contribution >= 4 is 20.1 Å². The summed E-state index contributed by atoms with van der Waals surface area (Å²) in [5.74, 6) is -1.12. The van der Waals surface area contributed by atoms with E-state index in [9.17, 15) is 9.18 Å². The summed E-state index contributed by atoms with van der Waals surface area (Å²) in [6, 6.07) is 5.14. The summed E-state index contributed by atoms with van der Waals surface area (Å²) in [4.78, 5) is 16.1. The lowest BCUT2D eigenvalue weighted by molar-refractivity contribution is 0.0600. The zero-order chi connectivity index (χ0) is 19.3. The fraction of sp³-hybridized carbons (Fsp3) is 0.368. The molecule has 0 fully saturated rings. The highest BCUT2D eigenvalue weighted by atomic mass is 28.3. The molecule has 5 nitrogen and oxygen atoms in total. The van der Waals surface area contributed by atoms with Crippen LogP contribution in [0.4, 0.5) is 4.39 Å². The van der Waals surface area contributed by atoms with E-state index in [-0.39, 0.29) is 5.56 Å². The standard InChI is InChI=1S/C19H25FN2O3Si/c1-6-17-18(14-9-15(19(23)24-2)11-16(20)10-14)22(12-21-17)13-25-7-8-26(3,4)5/h6,9-12H,1,7-8,13H2,2-5H3. The Morgan fingerprint density at radius 2 is 2.08 bits per heavy atom. The Bertz CT molecular complexity index is 797. The Hall–Kier alpha value is -2.25. The topological polar surface area (TPSA) is 53.4 Å². The van der Waals surface area contributed by atoms with Crippen LogP contribution in [0.1, 0.15) is 16.1 Å². The molecule has 0 amide bonds. The molecule has 0 aliphatic rings. The highest BCUT2D eigenvalue weighted by Gasteiger charge is 2.17. The van der Waals surface area contributed by atoms with Crippen molar-refractivity contribution in [3.8, 4) is 11.3 Å². The maximum Gasteiger partial charge on any atom is 0.337 e. The molecule has 0 spiro atoms. The van der Waals surface area contributed by atoms with E-state index in [1.54, 1.807) is 23.0 Å². The van der Waals surface area contributed by atoms with Crippen molar-refractivity contribution in [3.63, 3.8) is 0 Å². The van der Waals surface area contributed by atoms with Crippen molar-refractivity contribution in [2.45, 2.75) is 32.4 Å². The van der Waals surface area contributed by atoms with E-state index in [2.05, 4.69) is 31.2 Å². The molecule has 0 radical (unpaired) electrons. The Balaban J connectivity index is 2.31. The van der Waals surface area contributed by atoms with Crippen LogP contribution in [0.25, 0.3) is 17.3 Å². The fourth-order valence-electron chi connectivity index (χ4n) is 2.46. The monoisotopic (exact) mass is 376 g/mol. The minimum atomic E-state index is -1.17. The molecule has 26 heavy (non-hydrogen) atoms. The van der Waals surface area contributed by atoms with Crippen LogP contribution in [0.3, 0.4) is 0 Å². The number of imidazole rings is 1. The average Bonchev–Trinajstić information content (AvgIpc) is 2.99. The molecular formula is C19H25FN2O3Si. The number of esters is 1. The molecule has 0 unspecified atom stereocenters. The molecule has 1 aromatic carbocycles. The first kappa shape index (κ1) is 20.1. The van der Waals surface area contributed by atoms with Gasteiger partial charge in [-0.1, -0.05) is 26.2 Å². The molecule has 0 saturated heterocycles. The van der Waals surface area contributed by atoms with Gasteiger partial charge in [-0.3, -0.25) is 0 Å². The third-order valence-electron chi connectivity index (χ3n) is 3.88. The molecule has 0 bridgehead atoms. The first-order valence-corrected chi connectivity index (χ1v) is 12.1. The molecular weight excluding hydrogens is 351 g/mol. The third-order valence-corrected chi connectivity index (χ3v) is 5.58. The van der Waals surface area contributed by atoms with Crippen molar-refractivity contribution < 1.29 is 18.7 Å². The van der Waals surface area contributed by atoms with Crippen molar-refractivity contribution in [2.75, 3.05) is 13.7 Å². The summed E-state index contributed by atoms with van der Waals surface area (Å²) < 4.78 is 26.3. The van der Waals surface area contributed by atoms with E-state index in [0.717, 1.165) is 12.1 Å². The normalized spacial score (nSPS) is 11.4. The van der Waals surface area contributed by atoms with E-state index in [1.807, 2.05) is 0 Å². The molecule has 0 N–H and O–H groups in total. The van der Waals surface area contributed by atoms with Gasteiger partial charge in [-0.15, -0.1) is 0 Å². The number of halogens is 1.